The number of carbonyl (C=O) groups excluding carboxylic acids is 1. The molecular weight excluding hydrogens is 278 g/mol. The average molecular weight is 311 g/mol. The topological polar surface area (TPSA) is 55.8 Å². The third-order valence-corrected chi connectivity index (χ3v) is 5.25. The van der Waals surface area contributed by atoms with Gasteiger partial charge in [0.25, 0.3) is 0 Å². The molecule has 5 nitrogen and oxygen atoms in total. The third-order valence-electron chi connectivity index (χ3n) is 5.25. The first-order chi connectivity index (χ1) is 10.7. The van der Waals surface area contributed by atoms with Crippen molar-refractivity contribution >= 4 is 5.91 Å². The lowest BCUT2D eigenvalue weighted by Crippen LogP contribution is -2.47. The monoisotopic (exact) mass is 311 g/mol. The van der Waals surface area contributed by atoms with Gasteiger partial charge in [-0.15, -0.1) is 0 Å². The van der Waals surface area contributed by atoms with Crippen molar-refractivity contribution in [3.63, 3.8) is 0 Å². The molecule has 1 amide bonds. The van der Waals surface area contributed by atoms with Crippen molar-refractivity contribution < 1.29 is 9.90 Å². The number of likely N-dealkylation sites (tertiary alicyclic amines) is 2. The number of β-amino-alcohol motifs (C(OH)–C–C–N with tert-alkyl or cyclic N) is 1. The van der Waals surface area contributed by atoms with Gasteiger partial charge < -0.3 is 20.2 Å². The number of hydrogen-bond donors (Lipinski definition) is 2. The number of piperidine rings is 2. The summed E-state index contributed by atoms with van der Waals surface area (Å²) in [5.74, 6) is 0.954. The van der Waals surface area contributed by atoms with Gasteiger partial charge in [0, 0.05) is 19.1 Å². The molecule has 0 spiro atoms. The van der Waals surface area contributed by atoms with E-state index >= 15 is 0 Å². The molecule has 22 heavy (non-hydrogen) atoms. The van der Waals surface area contributed by atoms with Gasteiger partial charge >= 0.3 is 0 Å². The summed E-state index contributed by atoms with van der Waals surface area (Å²) < 4.78 is 0. The second kappa shape index (κ2) is 9.48. The van der Waals surface area contributed by atoms with Gasteiger partial charge in [0.15, 0.2) is 0 Å². The minimum absolute atomic E-state index is 0.256. The predicted octanol–water partition coefficient (Wildman–Crippen LogP) is 1.07. The summed E-state index contributed by atoms with van der Waals surface area (Å²) in [6.07, 6.45) is 7.01. The minimum atomic E-state index is 0.256. The Hall–Kier alpha value is -0.650. The molecule has 2 fully saturated rings. The van der Waals surface area contributed by atoms with Gasteiger partial charge in [0.1, 0.15) is 0 Å². The molecule has 0 aromatic carbocycles. The van der Waals surface area contributed by atoms with E-state index in [4.69, 9.17) is 5.11 Å². The molecule has 128 valence electrons. The van der Waals surface area contributed by atoms with E-state index in [1.807, 2.05) is 0 Å². The Morgan fingerprint density at radius 3 is 2.64 bits per heavy atom. The van der Waals surface area contributed by atoms with E-state index < -0.39 is 0 Å². The van der Waals surface area contributed by atoms with Crippen LogP contribution in [0.15, 0.2) is 0 Å². The van der Waals surface area contributed by atoms with Crippen molar-refractivity contribution in [2.24, 2.45) is 5.92 Å². The van der Waals surface area contributed by atoms with Crippen molar-refractivity contribution in [1.82, 2.24) is 15.1 Å². The largest absolute Gasteiger partial charge is 0.395 e. The molecule has 0 aromatic rings. The molecule has 0 radical (unpaired) electrons. The normalized spacial score (nSPS) is 24.6. The van der Waals surface area contributed by atoms with Gasteiger partial charge in [-0.2, -0.15) is 0 Å². The van der Waals surface area contributed by atoms with Crippen molar-refractivity contribution in [2.45, 2.75) is 51.5 Å². The summed E-state index contributed by atoms with van der Waals surface area (Å²) in [6, 6.07) is 0.463. The van der Waals surface area contributed by atoms with Crippen LogP contribution in [0.4, 0.5) is 0 Å². The van der Waals surface area contributed by atoms with Crippen LogP contribution in [0.3, 0.4) is 0 Å². The maximum Gasteiger partial charge on any atom is 0.236 e. The Labute approximate surface area is 135 Å². The Morgan fingerprint density at radius 2 is 1.95 bits per heavy atom. The Morgan fingerprint density at radius 1 is 1.18 bits per heavy atom. The number of nitrogens with zero attached hydrogens (tertiary/aromatic N) is 2. The van der Waals surface area contributed by atoms with E-state index in [1.165, 1.54) is 25.7 Å². The molecule has 2 N–H and O–H groups in total. The quantitative estimate of drug-likeness (QED) is 0.738. The smallest absolute Gasteiger partial charge is 0.236 e. The average Bonchev–Trinajstić information content (AvgIpc) is 2.56. The molecule has 0 saturated carbocycles. The molecule has 0 bridgehead atoms. The zero-order valence-electron chi connectivity index (χ0n) is 14.1. The molecule has 2 aliphatic rings. The number of aliphatic hydroxyl groups is 1. The zero-order valence-corrected chi connectivity index (χ0v) is 14.1. The van der Waals surface area contributed by atoms with Gasteiger partial charge in [-0.05, 0) is 64.1 Å². The Kier molecular flexibility index (Phi) is 7.63. The fourth-order valence-electron chi connectivity index (χ4n) is 3.79. The van der Waals surface area contributed by atoms with E-state index in [0.717, 1.165) is 45.6 Å². The fourth-order valence-corrected chi connectivity index (χ4v) is 3.79. The number of amides is 1. The Balaban J connectivity index is 1.63. The van der Waals surface area contributed by atoms with E-state index in [1.54, 1.807) is 0 Å². The third kappa shape index (κ3) is 5.21. The Bertz CT molecular complexity index is 330. The highest BCUT2D eigenvalue weighted by molar-refractivity contribution is 5.78. The lowest BCUT2D eigenvalue weighted by atomic mass is 9.97. The highest BCUT2D eigenvalue weighted by atomic mass is 16.3. The summed E-state index contributed by atoms with van der Waals surface area (Å²) in [5, 5.41) is 12.3. The van der Waals surface area contributed by atoms with Crippen molar-refractivity contribution in [3.8, 4) is 0 Å². The molecule has 2 saturated heterocycles. The van der Waals surface area contributed by atoms with E-state index in [0.29, 0.717) is 18.5 Å². The number of rotatable bonds is 7. The van der Waals surface area contributed by atoms with Gasteiger partial charge in [-0.25, -0.2) is 0 Å². The van der Waals surface area contributed by atoms with Crippen molar-refractivity contribution in [2.75, 3.05) is 45.9 Å². The fraction of sp³-hybridized carbons (Fsp3) is 0.941. The number of hydrogen-bond acceptors (Lipinski definition) is 4. The predicted molar refractivity (Wildman–Crippen MR) is 88.8 cm³/mol. The molecule has 2 heterocycles. The summed E-state index contributed by atoms with van der Waals surface area (Å²) in [7, 11) is 0. The van der Waals surface area contributed by atoms with Crippen molar-refractivity contribution in [1.29, 1.82) is 0 Å². The molecule has 2 rings (SSSR count). The molecular formula is C17H33N3O2. The molecule has 2 aliphatic heterocycles. The van der Waals surface area contributed by atoms with E-state index in [2.05, 4.69) is 22.0 Å². The van der Waals surface area contributed by atoms with Crippen LogP contribution < -0.4 is 5.32 Å². The van der Waals surface area contributed by atoms with E-state index in [-0.39, 0.29) is 12.5 Å². The van der Waals surface area contributed by atoms with Crippen LogP contribution in [0.25, 0.3) is 0 Å². The van der Waals surface area contributed by atoms with Crippen LogP contribution in [-0.4, -0.2) is 72.7 Å². The summed E-state index contributed by atoms with van der Waals surface area (Å²) in [5.41, 5.74) is 0. The van der Waals surface area contributed by atoms with Gasteiger partial charge in [0.05, 0.1) is 13.2 Å². The molecule has 0 unspecified atom stereocenters. The number of nitrogens with one attached hydrogen (secondary N) is 1. The molecule has 0 aromatic heterocycles. The van der Waals surface area contributed by atoms with Gasteiger partial charge in [-0.3, -0.25) is 4.79 Å². The van der Waals surface area contributed by atoms with Crippen LogP contribution in [0.1, 0.15) is 45.4 Å². The summed E-state index contributed by atoms with van der Waals surface area (Å²) in [4.78, 5) is 16.8. The van der Waals surface area contributed by atoms with Crippen LogP contribution in [-0.2, 0) is 4.79 Å². The lowest BCUT2D eigenvalue weighted by Gasteiger charge is -2.36. The van der Waals surface area contributed by atoms with Crippen LogP contribution in [0, 0.1) is 5.92 Å². The number of aliphatic hydroxyl groups excluding tert-OH is 1. The second-order valence-corrected chi connectivity index (χ2v) is 6.78. The first-order valence-corrected chi connectivity index (χ1v) is 9.08. The van der Waals surface area contributed by atoms with Crippen molar-refractivity contribution in [3.05, 3.63) is 0 Å². The SMILES string of the molecule is CC[C@@H]1CCCCN1C(=O)CNCC1CCN(CCO)CC1. The maximum absolute atomic E-state index is 12.4. The van der Waals surface area contributed by atoms with E-state index in [9.17, 15) is 4.79 Å². The molecule has 5 heteroatoms. The first-order valence-electron chi connectivity index (χ1n) is 9.08. The minimum Gasteiger partial charge on any atom is -0.395 e. The lowest BCUT2D eigenvalue weighted by molar-refractivity contribution is -0.134. The first kappa shape index (κ1) is 17.7. The van der Waals surface area contributed by atoms with Gasteiger partial charge in [0.2, 0.25) is 5.91 Å². The van der Waals surface area contributed by atoms with Crippen LogP contribution in [0.5, 0.6) is 0 Å². The number of carbonyl (C=O) groups is 1. The maximum atomic E-state index is 12.4. The zero-order chi connectivity index (χ0) is 15.8. The molecule has 1 atom stereocenters. The van der Waals surface area contributed by atoms with Crippen LogP contribution in [0.2, 0.25) is 0 Å². The summed E-state index contributed by atoms with van der Waals surface area (Å²) >= 11 is 0. The highest BCUT2D eigenvalue weighted by Crippen LogP contribution is 2.19. The second-order valence-electron chi connectivity index (χ2n) is 6.78. The van der Waals surface area contributed by atoms with Crippen LogP contribution >= 0.6 is 0 Å². The summed E-state index contributed by atoms with van der Waals surface area (Å²) in [6.45, 7) is 7.77. The highest BCUT2D eigenvalue weighted by Gasteiger charge is 2.25. The molecule has 0 aliphatic carbocycles. The standard InChI is InChI=1S/C17H33N3O2/c1-2-16-5-3-4-8-20(16)17(22)14-18-13-15-6-9-19(10-7-15)11-12-21/h15-16,18,21H,2-14H2,1H3/t16-/m1/s1. The van der Waals surface area contributed by atoms with Gasteiger partial charge in [-0.1, -0.05) is 6.92 Å².